The number of hydrogen-bond acceptors (Lipinski definition) is 4. The molecule has 0 bridgehead atoms. The Bertz CT molecular complexity index is 673. The van der Waals surface area contributed by atoms with Crippen LogP contribution in [0.3, 0.4) is 0 Å². The molecule has 1 heterocycles. The predicted molar refractivity (Wildman–Crippen MR) is 78.7 cm³/mol. The van der Waals surface area contributed by atoms with Crippen LogP contribution in [0, 0.1) is 0 Å². The Labute approximate surface area is 121 Å². The Hall–Kier alpha value is -1.98. The van der Waals surface area contributed by atoms with Crippen molar-refractivity contribution in [1.29, 1.82) is 0 Å². The number of amides is 1. The number of carbonyl (C=O) groups excluding carboxylic acids is 1. The summed E-state index contributed by atoms with van der Waals surface area (Å²) in [7, 11) is 2.02. The number of fused-ring (bicyclic) bond motifs is 2. The first kappa shape index (κ1) is 13.0. The highest BCUT2D eigenvalue weighted by Gasteiger charge is 2.20. The molecule has 20 heavy (non-hydrogen) atoms. The third-order valence-electron chi connectivity index (χ3n) is 3.32. The average Bonchev–Trinajstić information content (AvgIpc) is 2.48. The van der Waals surface area contributed by atoms with Gasteiger partial charge < -0.3 is 4.90 Å². The number of nitrogens with zero attached hydrogens (tertiary/aromatic N) is 1. The summed E-state index contributed by atoms with van der Waals surface area (Å²) < 4.78 is 0. The first-order valence-electron chi connectivity index (χ1n) is 6.25. The molecule has 0 fully saturated rings. The van der Waals surface area contributed by atoms with Gasteiger partial charge in [-0.1, -0.05) is 30.0 Å². The molecule has 2 aromatic rings. The van der Waals surface area contributed by atoms with Crippen molar-refractivity contribution in [3.63, 3.8) is 0 Å². The average molecular weight is 286 g/mol. The molecule has 0 radical (unpaired) electrons. The highest BCUT2D eigenvalue weighted by Crippen LogP contribution is 2.47. The fourth-order valence-electron chi connectivity index (χ4n) is 2.32. The van der Waals surface area contributed by atoms with Crippen LogP contribution in [0.1, 0.15) is 5.56 Å². The van der Waals surface area contributed by atoms with Crippen molar-refractivity contribution in [2.45, 2.75) is 16.2 Å². The number of rotatable bonds is 2. The molecule has 0 aromatic heterocycles. The zero-order valence-electron chi connectivity index (χ0n) is 11.0. The number of anilines is 2. The number of benzene rings is 2. The minimum atomic E-state index is -0.406. The van der Waals surface area contributed by atoms with Crippen molar-refractivity contribution < 1.29 is 10.0 Å². The van der Waals surface area contributed by atoms with Gasteiger partial charge in [-0.3, -0.25) is 10.0 Å². The summed E-state index contributed by atoms with van der Waals surface area (Å²) in [5, 5.41) is 8.60. The third-order valence-corrected chi connectivity index (χ3v) is 4.45. The van der Waals surface area contributed by atoms with Crippen molar-refractivity contribution in [2.24, 2.45) is 0 Å². The summed E-state index contributed by atoms with van der Waals surface area (Å²) in [4.78, 5) is 15.8. The van der Waals surface area contributed by atoms with E-state index in [1.54, 1.807) is 17.2 Å². The van der Waals surface area contributed by atoms with E-state index in [0.717, 1.165) is 16.9 Å². The van der Waals surface area contributed by atoms with E-state index >= 15 is 0 Å². The van der Waals surface area contributed by atoms with Gasteiger partial charge in [-0.2, -0.15) is 0 Å². The summed E-state index contributed by atoms with van der Waals surface area (Å²) in [5.74, 6) is -0.406. The monoisotopic (exact) mass is 286 g/mol. The van der Waals surface area contributed by atoms with Crippen LogP contribution in [0.5, 0.6) is 0 Å². The molecule has 0 saturated heterocycles. The molecule has 0 atom stereocenters. The molecule has 0 unspecified atom stereocenters. The van der Waals surface area contributed by atoms with Gasteiger partial charge in [0.15, 0.2) is 0 Å². The van der Waals surface area contributed by atoms with Gasteiger partial charge in [-0.15, -0.1) is 0 Å². The summed E-state index contributed by atoms with van der Waals surface area (Å²) in [5.41, 5.74) is 4.78. The molecule has 0 spiro atoms. The van der Waals surface area contributed by atoms with Crippen LogP contribution in [-0.2, 0) is 11.2 Å². The Morgan fingerprint density at radius 2 is 1.95 bits per heavy atom. The maximum atomic E-state index is 11.2. The molecule has 1 aliphatic rings. The molecule has 102 valence electrons. The summed E-state index contributed by atoms with van der Waals surface area (Å²) in [6.07, 6.45) is 0.171. The normalized spacial score (nSPS) is 12.6. The maximum Gasteiger partial charge on any atom is 0.247 e. The molecule has 1 aliphatic heterocycles. The minimum Gasteiger partial charge on any atom is -0.343 e. The van der Waals surface area contributed by atoms with E-state index in [1.807, 2.05) is 37.4 Å². The fourth-order valence-corrected chi connectivity index (χ4v) is 3.44. The molecule has 5 heteroatoms. The SMILES string of the molecule is CN1c2ccccc2Sc2ccc(CC(=O)NO)cc21. The maximum absolute atomic E-state index is 11.2. The lowest BCUT2D eigenvalue weighted by atomic mass is 10.1. The summed E-state index contributed by atoms with van der Waals surface area (Å²) in [6.45, 7) is 0. The summed E-state index contributed by atoms with van der Waals surface area (Å²) in [6, 6.07) is 14.2. The van der Waals surface area contributed by atoms with Gasteiger partial charge in [-0.25, -0.2) is 5.48 Å². The number of hydroxylamine groups is 1. The van der Waals surface area contributed by atoms with Crippen LogP contribution in [0.4, 0.5) is 11.4 Å². The van der Waals surface area contributed by atoms with E-state index in [1.165, 1.54) is 9.79 Å². The molecule has 1 amide bonds. The van der Waals surface area contributed by atoms with Crippen LogP contribution in [0.25, 0.3) is 0 Å². The van der Waals surface area contributed by atoms with E-state index in [-0.39, 0.29) is 6.42 Å². The van der Waals surface area contributed by atoms with E-state index in [0.29, 0.717) is 0 Å². The molecule has 4 nitrogen and oxygen atoms in total. The van der Waals surface area contributed by atoms with Crippen LogP contribution >= 0.6 is 11.8 Å². The van der Waals surface area contributed by atoms with Crippen molar-refractivity contribution in [3.05, 3.63) is 48.0 Å². The van der Waals surface area contributed by atoms with Crippen molar-refractivity contribution >= 4 is 29.0 Å². The first-order valence-corrected chi connectivity index (χ1v) is 7.07. The van der Waals surface area contributed by atoms with Gasteiger partial charge in [0.25, 0.3) is 0 Å². The standard InChI is InChI=1S/C15H14N2O2S/c1-17-11-4-2-3-5-13(11)20-14-7-6-10(8-12(14)17)9-15(18)16-19/h2-8,19H,9H2,1H3,(H,16,18). The Morgan fingerprint density at radius 3 is 2.75 bits per heavy atom. The van der Waals surface area contributed by atoms with E-state index < -0.39 is 5.91 Å². The lowest BCUT2D eigenvalue weighted by molar-refractivity contribution is -0.128. The first-order chi connectivity index (χ1) is 9.69. The van der Waals surface area contributed by atoms with Crippen molar-refractivity contribution in [3.8, 4) is 0 Å². The molecular weight excluding hydrogens is 272 g/mol. The van der Waals surface area contributed by atoms with Gasteiger partial charge in [0, 0.05) is 16.8 Å². The number of carbonyl (C=O) groups is 1. The molecule has 2 aromatic carbocycles. The third kappa shape index (κ3) is 2.26. The number of hydrogen-bond donors (Lipinski definition) is 2. The van der Waals surface area contributed by atoms with Gasteiger partial charge in [0.2, 0.25) is 5.91 Å². The van der Waals surface area contributed by atoms with Crippen molar-refractivity contribution in [2.75, 3.05) is 11.9 Å². The smallest absolute Gasteiger partial charge is 0.247 e. The van der Waals surface area contributed by atoms with Gasteiger partial charge in [-0.05, 0) is 29.8 Å². The molecule has 0 aliphatic carbocycles. The van der Waals surface area contributed by atoms with Crippen LogP contribution < -0.4 is 10.4 Å². The fraction of sp³-hybridized carbons (Fsp3) is 0.133. The van der Waals surface area contributed by atoms with Crippen LogP contribution in [0.15, 0.2) is 52.3 Å². The van der Waals surface area contributed by atoms with Gasteiger partial charge in [0.1, 0.15) is 0 Å². The second-order valence-electron chi connectivity index (χ2n) is 4.64. The zero-order valence-corrected chi connectivity index (χ0v) is 11.8. The highest BCUT2D eigenvalue weighted by molar-refractivity contribution is 7.99. The lowest BCUT2D eigenvalue weighted by Gasteiger charge is -2.29. The molecule has 2 N–H and O–H groups in total. The Balaban J connectivity index is 1.97. The zero-order chi connectivity index (χ0) is 14.1. The Morgan fingerprint density at radius 1 is 1.20 bits per heavy atom. The van der Waals surface area contributed by atoms with Crippen LogP contribution in [-0.4, -0.2) is 18.2 Å². The summed E-state index contributed by atoms with van der Waals surface area (Å²) >= 11 is 1.73. The second kappa shape index (κ2) is 5.19. The van der Waals surface area contributed by atoms with Gasteiger partial charge >= 0.3 is 0 Å². The molecule has 0 saturated carbocycles. The largest absolute Gasteiger partial charge is 0.343 e. The van der Waals surface area contributed by atoms with Crippen LogP contribution in [0.2, 0.25) is 0 Å². The minimum absolute atomic E-state index is 0.171. The lowest BCUT2D eigenvalue weighted by Crippen LogP contribution is -2.21. The topological polar surface area (TPSA) is 52.6 Å². The van der Waals surface area contributed by atoms with E-state index in [2.05, 4.69) is 17.0 Å². The number of nitrogens with one attached hydrogen (secondary N) is 1. The quantitative estimate of drug-likeness (QED) is 0.658. The molecule has 3 rings (SSSR count). The number of para-hydroxylation sites is 1. The second-order valence-corrected chi connectivity index (χ2v) is 5.73. The van der Waals surface area contributed by atoms with Crippen molar-refractivity contribution in [1.82, 2.24) is 5.48 Å². The van der Waals surface area contributed by atoms with Gasteiger partial charge in [0.05, 0.1) is 17.8 Å². The van der Waals surface area contributed by atoms with E-state index in [9.17, 15) is 4.79 Å². The predicted octanol–water partition coefficient (Wildman–Crippen LogP) is 2.97. The Kier molecular flexibility index (Phi) is 3.38. The van der Waals surface area contributed by atoms with E-state index in [4.69, 9.17) is 5.21 Å². The molecular formula is C15H14N2O2S. The highest BCUT2D eigenvalue weighted by atomic mass is 32.2.